The molecule has 0 aliphatic rings. The Morgan fingerprint density at radius 3 is 2.59 bits per heavy atom. The molecule has 0 atom stereocenters. The average molecular weight is 246 g/mol. The number of halogens is 1. The van der Waals surface area contributed by atoms with Gasteiger partial charge in [0.2, 0.25) is 0 Å². The van der Waals surface area contributed by atoms with E-state index in [2.05, 4.69) is 0 Å². The Morgan fingerprint density at radius 1 is 1.12 bits per heavy atom. The fraction of sp³-hybridized carbons (Fsp3) is 0.0714. The van der Waals surface area contributed by atoms with Crippen molar-refractivity contribution < 1.29 is 4.79 Å². The number of rotatable bonds is 2. The summed E-state index contributed by atoms with van der Waals surface area (Å²) in [4.78, 5) is 11.0. The molecule has 2 N–H and O–H groups in total. The normalized spacial score (nSPS) is 10.2. The summed E-state index contributed by atoms with van der Waals surface area (Å²) in [5, 5.41) is 0.589. The van der Waals surface area contributed by atoms with E-state index in [-0.39, 0.29) is 0 Å². The van der Waals surface area contributed by atoms with Gasteiger partial charge in [0.25, 0.3) is 0 Å². The van der Waals surface area contributed by atoms with Crippen LogP contribution in [-0.4, -0.2) is 6.29 Å². The maximum absolute atomic E-state index is 11.0. The Bertz CT molecular complexity index is 578. The quantitative estimate of drug-likeness (QED) is 0.647. The number of anilines is 1. The molecule has 0 unspecified atom stereocenters. The predicted octanol–water partition coefficient (Wildman–Crippen LogP) is 3.71. The second kappa shape index (κ2) is 4.60. The summed E-state index contributed by atoms with van der Waals surface area (Å²) in [5.41, 5.74) is 9.87. The predicted molar refractivity (Wildman–Crippen MR) is 71.4 cm³/mol. The standard InChI is InChI=1S/C14H12ClNO/c1-9-2-5-14(16)13(6-9)12-7-11(15)4-3-10(12)8-17/h2-8H,16H2,1H3. The van der Waals surface area contributed by atoms with E-state index in [4.69, 9.17) is 17.3 Å². The summed E-state index contributed by atoms with van der Waals surface area (Å²) in [6, 6.07) is 10.9. The number of nitrogen functional groups attached to an aromatic ring is 1. The number of hydrogen-bond donors (Lipinski definition) is 1. The number of carbonyl (C=O) groups is 1. The molecule has 3 heteroatoms. The van der Waals surface area contributed by atoms with Crippen molar-refractivity contribution in [2.45, 2.75) is 6.92 Å². The van der Waals surface area contributed by atoms with Gasteiger partial charge in [0.1, 0.15) is 0 Å². The minimum atomic E-state index is 0.589. The number of benzene rings is 2. The second-order valence-electron chi connectivity index (χ2n) is 3.94. The summed E-state index contributed by atoms with van der Waals surface area (Å²) in [6.07, 6.45) is 0.813. The first-order valence-electron chi connectivity index (χ1n) is 5.23. The van der Waals surface area contributed by atoms with E-state index >= 15 is 0 Å². The fourth-order valence-corrected chi connectivity index (χ4v) is 1.94. The second-order valence-corrected chi connectivity index (χ2v) is 4.38. The zero-order valence-corrected chi connectivity index (χ0v) is 10.2. The van der Waals surface area contributed by atoms with E-state index in [1.54, 1.807) is 18.2 Å². The van der Waals surface area contributed by atoms with Crippen LogP contribution in [0.1, 0.15) is 15.9 Å². The Balaban J connectivity index is 2.70. The molecule has 0 fully saturated rings. The molecule has 0 spiro atoms. The van der Waals surface area contributed by atoms with E-state index in [1.165, 1.54) is 0 Å². The minimum absolute atomic E-state index is 0.589. The molecule has 2 rings (SSSR count). The Kier molecular flexibility index (Phi) is 3.16. The van der Waals surface area contributed by atoms with Gasteiger partial charge in [-0.1, -0.05) is 23.2 Å². The van der Waals surface area contributed by atoms with Gasteiger partial charge >= 0.3 is 0 Å². The lowest BCUT2D eigenvalue weighted by Gasteiger charge is -2.10. The van der Waals surface area contributed by atoms with Crippen molar-refractivity contribution in [3.63, 3.8) is 0 Å². The van der Waals surface area contributed by atoms with Crippen molar-refractivity contribution in [1.82, 2.24) is 0 Å². The molecule has 0 radical (unpaired) electrons. The number of hydrogen-bond acceptors (Lipinski definition) is 2. The maximum Gasteiger partial charge on any atom is 0.150 e. The average Bonchev–Trinajstić information content (AvgIpc) is 2.32. The van der Waals surface area contributed by atoms with Crippen molar-refractivity contribution in [2.24, 2.45) is 0 Å². The van der Waals surface area contributed by atoms with Gasteiger partial charge in [-0.05, 0) is 42.8 Å². The molecule has 2 aromatic rings. The molecule has 0 bridgehead atoms. The molecule has 0 aliphatic heterocycles. The zero-order valence-electron chi connectivity index (χ0n) is 9.41. The smallest absolute Gasteiger partial charge is 0.150 e. The molecule has 0 amide bonds. The third-order valence-electron chi connectivity index (χ3n) is 2.64. The van der Waals surface area contributed by atoms with Crippen LogP contribution in [0.2, 0.25) is 5.02 Å². The third kappa shape index (κ3) is 2.32. The van der Waals surface area contributed by atoms with Crippen molar-refractivity contribution >= 4 is 23.6 Å². The van der Waals surface area contributed by atoms with Crippen LogP contribution in [0.15, 0.2) is 36.4 Å². The molecular weight excluding hydrogens is 234 g/mol. The lowest BCUT2D eigenvalue weighted by molar-refractivity contribution is 0.112. The van der Waals surface area contributed by atoms with E-state index in [0.29, 0.717) is 16.3 Å². The highest BCUT2D eigenvalue weighted by Gasteiger charge is 2.08. The first-order valence-corrected chi connectivity index (χ1v) is 5.61. The molecule has 86 valence electrons. The number of nitrogens with two attached hydrogens (primary N) is 1. The molecule has 0 heterocycles. The largest absolute Gasteiger partial charge is 0.398 e. The van der Waals surface area contributed by atoms with Crippen LogP contribution in [-0.2, 0) is 0 Å². The van der Waals surface area contributed by atoms with Gasteiger partial charge in [-0.3, -0.25) is 4.79 Å². The molecule has 0 saturated heterocycles. The molecular formula is C14H12ClNO. The molecule has 0 saturated carbocycles. The highest BCUT2D eigenvalue weighted by atomic mass is 35.5. The van der Waals surface area contributed by atoms with Crippen molar-refractivity contribution in [3.8, 4) is 11.1 Å². The summed E-state index contributed by atoms with van der Waals surface area (Å²) < 4.78 is 0. The first kappa shape index (κ1) is 11.7. The summed E-state index contributed by atoms with van der Waals surface area (Å²) in [7, 11) is 0. The molecule has 17 heavy (non-hydrogen) atoms. The van der Waals surface area contributed by atoms with Crippen LogP contribution >= 0.6 is 11.6 Å². The minimum Gasteiger partial charge on any atom is -0.398 e. The van der Waals surface area contributed by atoms with Crippen LogP contribution in [0.5, 0.6) is 0 Å². The monoisotopic (exact) mass is 245 g/mol. The van der Waals surface area contributed by atoms with Gasteiger partial charge in [-0.2, -0.15) is 0 Å². The molecule has 0 aromatic heterocycles. The highest BCUT2D eigenvalue weighted by Crippen LogP contribution is 2.31. The SMILES string of the molecule is Cc1ccc(N)c(-c2cc(Cl)ccc2C=O)c1. The Labute approximate surface area is 105 Å². The van der Waals surface area contributed by atoms with E-state index in [9.17, 15) is 4.79 Å². The van der Waals surface area contributed by atoms with Gasteiger partial charge < -0.3 is 5.73 Å². The van der Waals surface area contributed by atoms with Crippen LogP contribution in [0.25, 0.3) is 11.1 Å². The van der Waals surface area contributed by atoms with Crippen LogP contribution in [0.3, 0.4) is 0 Å². The van der Waals surface area contributed by atoms with Gasteiger partial charge in [-0.25, -0.2) is 0 Å². The van der Waals surface area contributed by atoms with Crippen molar-refractivity contribution in [2.75, 3.05) is 5.73 Å². The Morgan fingerprint density at radius 2 is 1.88 bits per heavy atom. The first-order chi connectivity index (χ1) is 8.11. The lowest BCUT2D eigenvalue weighted by Crippen LogP contribution is -1.94. The van der Waals surface area contributed by atoms with Gasteiger partial charge in [0, 0.05) is 21.8 Å². The molecule has 0 aliphatic carbocycles. The number of carbonyl (C=O) groups excluding carboxylic acids is 1. The van der Waals surface area contributed by atoms with Crippen LogP contribution < -0.4 is 5.73 Å². The van der Waals surface area contributed by atoms with Crippen molar-refractivity contribution in [1.29, 1.82) is 0 Å². The topological polar surface area (TPSA) is 43.1 Å². The highest BCUT2D eigenvalue weighted by molar-refractivity contribution is 6.31. The van der Waals surface area contributed by atoms with Gasteiger partial charge in [0.05, 0.1) is 0 Å². The number of aldehydes is 1. The van der Waals surface area contributed by atoms with Crippen LogP contribution in [0, 0.1) is 6.92 Å². The molecule has 2 aromatic carbocycles. The van der Waals surface area contributed by atoms with Gasteiger partial charge in [-0.15, -0.1) is 0 Å². The number of aryl methyl sites for hydroxylation is 1. The van der Waals surface area contributed by atoms with E-state index in [0.717, 1.165) is 23.0 Å². The maximum atomic E-state index is 11.0. The fourth-order valence-electron chi connectivity index (χ4n) is 1.77. The zero-order chi connectivity index (χ0) is 12.4. The Hall–Kier alpha value is -1.80. The van der Waals surface area contributed by atoms with Crippen molar-refractivity contribution in [3.05, 3.63) is 52.5 Å². The summed E-state index contributed by atoms with van der Waals surface area (Å²) in [5.74, 6) is 0. The van der Waals surface area contributed by atoms with Crippen LogP contribution in [0.4, 0.5) is 5.69 Å². The lowest BCUT2D eigenvalue weighted by atomic mass is 9.97. The third-order valence-corrected chi connectivity index (χ3v) is 2.88. The van der Waals surface area contributed by atoms with E-state index < -0.39 is 0 Å². The molecule has 2 nitrogen and oxygen atoms in total. The summed E-state index contributed by atoms with van der Waals surface area (Å²) in [6.45, 7) is 1.98. The van der Waals surface area contributed by atoms with E-state index in [1.807, 2.05) is 25.1 Å². The summed E-state index contributed by atoms with van der Waals surface area (Å²) >= 11 is 5.96. The van der Waals surface area contributed by atoms with Gasteiger partial charge in [0.15, 0.2) is 6.29 Å².